The summed E-state index contributed by atoms with van der Waals surface area (Å²) in [6.45, 7) is 1.48. The number of amides is 1. The van der Waals surface area contributed by atoms with E-state index in [-0.39, 0.29) is 5.91 Å². The summed E-state index contributed by atoms with van der Waals surface area (Å²) in [5.41, 5.74) is 2.44. The first-order valence-electron chi connectivity index (χ1n) is 7.08. The minimum atomic E-state index is -0.119. The summed E-state index contributed by atoms with van der Waals surface area (Å²) in [7, 11) is 0. The van der Waals surface area contributed by atoms with Gasteiger partial charge in [-0.3, -0.25) is 4.79 Å². The van der Waals surface area contributed by atoms with Crippen molar-refractivity contribution in [3.63, 3.8) is 0 Å². The summed E-state index contributed by atoms with van der Waals surface area (Å²) in [6.07, 6.45) is 0. The first-order valence-corrected chi connectivity index (χ1v) is 8.15. The molecule has 0 aromatic heterocycles. The van der Waals surface area contributed by atoms with Gasteiger partial charge in [0, 0.05) is 41.8 Å². The van der Waals surface area contributed by atoms with Gasteiger partial charge < -0.3 is 10.2 Å². The zero-order chi connectivity index (χ0) is 15.8. The number of nitrogens with one attached hydrogen (secondary N) is 1. The molecule has 0 aliphatic rings. The number of anilines is 2. The Morgan fingerprint density at radius 3 is 2.05 bits per heavy atom. The van der Waals surface area contributed by atoms with Crippen molar-refractivity contribution in [2.75, 3.05) is 35.1 Å². The van der Waals surface area contributed by atoms with E-state index in [1.54, 1.807) is 12.1 Å². The molecule has 2 rings (SSSR count). The van der Waals surface area contributed by atoms with Crippen molar-refractivity contribution < 1.29 is 4.79 Å². The van der Waals surface area contributed by atoms with Crippen LogP contribution in [0.1, 0.15) is 10.4 Å². The molecule has 1 N–H and O–H groups in total. The lowest BCUT2D eigenvalue weighted by atomic mass is 10.2. The monoisotopic (exact) mass is 336 g/mol. The molecule has 0 unspecified atom stereocenters. The maximum absolute atomic E-state index is 12.1. The highest BCUT2D eigenvalue weighted by atomic mass is 35.5. The van der Waals surface area contributed by atoms with Crippen molar-refractivity contribution in [1.29, 1.82) is 0 Å². The Bertz CT molecular complexity index is 581. The lowest BCUT2D eigenvalue weighted by Crippen LogP contribution is -2.27. The van der Waals surface area contributed by atoms with Gasteiger partial charge in [-0.2, -0.15) is 0 Å². The molecule has 0 aliphatic heterocycles. The van der Waals surface area contributed by atoms with Crippen LogP contribution in [-0.4, -0.2) is 30.8 Å². The molecule has 0 fully saturated rings. The average Bonchev–Trinajstić information content (AvgIpc) is 2.56. The van der Waals surface area contributed by atoms with E-state index in [9.17, 15) is 4.79 Å². The topological polar surface area (TPSA) is 32.3 Å². The number of nitrogens with zero attached hydrogens (tertiary/aromatic N) is 1. The largest absolute Gasteiger partial charge is 0.369 e. The summed E-state index contributed by atoms with van der Waals surface area (Å²) in [6, 6.07) is 16.8. The predicted molar refractivity (Wildman–Crippen MR) is 94.5 cm³/mol. The second-order valence-electron chi connectivity index (χ2n) is 4.73. The summed E-state index contributed by atoms with van der Waals surface area (Å²) in [5.74, 6) is 0.971. The Morgan fingerprint density at radius 1 is 0.909 bits per heavy atom. The zero-order valence-corrected chi connectivity index (χ0v) is 13.6. The van der Waals surface area contributed by atoms with Gasteiger partial charge in [0.05, 0.1) is 0 Å². The lowest BCUT2D eigenvalue weighted by molar-refractivity contribution is 0.102. The Hall–Kier alpha value is -1.71. The number of hydrogen-bond acceptors (Lipinski definition) is 2. The number of carbonyl (C=O) groups is 1. The van der Waals surface area contributed by atoms with Crippen LogP contribution in [0.3, 0.4) is 0 Å². The Labute approximate surface area is 140 Å². The number of hydrogen-bond donors (Lipinski definition) is 1. The maximum Gasteiger partial charge on any atom is 0.255 e. The molecule has 0 saturated heterocycles. The molecule has 22 heavy (non-hydrogen) atoms. The van der Waals surface area contributed by atoms with Crippen LogP contribution in [0.5, 0.6) is 0 Å². The second kappa shape index (κ2) is 8.66. The maximum atomic E-state index is 12.1. The van der Waals surface area contributed by atoms with Gasteiger partial charge in [0.2, 0.25) is 0 Å². The highest BCUT2D eigenvalue weighted by molar-refractivity contribution is 6.18. The first kappa shape index (κ1) is 16.7. The summed E-state index contributed by atoms with van der Waals surface area (Å²) >= 11 is 11.6. The highest BCUT2D eigenvalue weighted by Crippen LogP contribution is 2.18. The predicted octanol–water partition coefficient (Wildman–Crippen LogP) is 4.22. The molecule has 0 atom stereocenters. The van der Waals surface area contributed by atoms with Crippen LogP contribution in [0.4, 0.5) is 11.4 Å². The molecule has 2 aromatic carbocycles. The molecule has 0 bridgehead atoms. The number of alkyl halides is 2. The molecule has 0 spiro atoms. The summed E-state index contributed by atoms with van der Waals surface area (Å²) in [5, 5.41) is 2.88. The second-order valence-corrected chi connectivity index (χ2v) is 5.49. The molecule has 2 aromatic rings. The third-order valence-electron chi connectivity index (χ3n) is 3.24. The van der Waals surface area contributed by atoms with E-state index < -0.39 is 0 Å². The molecular weight excluding hydrogens is 319 g/mol. The van der Waals surface area contributed by atoms with Crippen molar-refractivity contribution in [3.8, 4) is 0 Å². The fraction of sp³-hybridized carbons (Fsp3) is 0.235. The van der Waals surface area contributed by atoms with Gasteiger partial charge in [0.1, 0.15) is 0 Å². The van der Waals surface area contributed by atoms with Crippen molar-refractivity contribution in [3.05, 3.63) is 60.2 Å². The van der Waals surface area contributed by atoms with E-state index in [1.165, 1.54) is 0 Å². The number of benzene rings is 2. The molecule has 5 heteroatoms. The quantitative estimate of drug-likeness (QED) is 0.767. The van der Waals surface area contributed by atoms with E-state index in [4.69, 9.17) is 23.2 Å². The Morgan fingerprint density at radius 2 is 1.50 bits per heavy atom. The van der Waals surface area contributed by atoms with Gasteiger partial charge in [0.15, 0.2) is 0 Å². The number of carbonyl (C=O) groups excluding carboxylic acids is 1. The molecule has 116 valence electrons. The van der Waals surface area contributed by atoms with Crippen LogP contribution in [0, 0.1) is 0 Å². The fourth-order valence-corrected chi connectivity index (χ4v) is 2.53. The molecular formula is C17H18Cl2N2O. The van der Waals surface area contributed by atoms with Crippen LogP contribution < -0.4 is 10.2 Å². The van der Waals surface area contributed by atoms with Crippen molar-refractivity contribution in [2.45, 2.75) is 0 Å². The van der Waals surface area contributed by atoms with Crippen LogP contribution in [-0.2, 0) is 0 Å². The lowest BCUT2D eigenvalue weighted by Gasteiger charge is -2.23. The third-order valence-corrected chi connectivity index (χ3v) is 3.57. The van der Waals surface area contributed by atoms with E-state index in [1.807, 2.05) is 42.5 Å². The Kier molecular flexibility index (Phi) is 6.56. The SMILES string of the molecule is O=C(Nc1ccc(N(CCCl)CCCl)cc1)c1ccccc1. The van der Waals surface area contributed by atoms with Crippen LogP contribution >= 0.6 is 23.2 Å². The van der Waals surface area contributed by atoms with Crippen molar-refractivity contribution in [1.82, 2.24) is 0 Å². The molecule has 3 nitrogen and oxygen atoms in total. The van der Waals surface area contributed by atoms with E-state index in [0.717, 1.165) is 24.5 Å². The normalized spacial score (nSPS) is 10.3. The van der Waals surface area contributed by atoms with Crippen LogP contribution in [0.15, 0.2) is 54.6 Å². The van der Waals surface area contributed by atoms with E-state index in [2.05, 4.69) is 10.2 Å². The van der Waals surface area contributed by atoms with Crippen LogP contribution in [0.25, 0.3) is 0 Å². The molecule has 0 heterocycles. The Balaban J connectivity index is 2.03. The minimum absolute atomic E-state index is 0.119. The van der Waals surface area contributed by atoms with Gasteiger partial charge >= 0.3 is 0 Å². The molecule has 0 saturated carbocycles. The van der Waals surface area contributed by atoms with Crippen LogP contribution in [0.2, 0.25) is 0 Å². The zero-order valence-electron chi connectivity index (χ0n) is 12.1. The van der Waals surface area contributed by atoms with E-state index >= 15 is 0 Å². The standard InChI is InChI=1S/C17H18Cl2N2O/c18-10-12-21(13-11-19)16-8-6-15(7-9-16)20-17(22)14-4-2-1-3-5-14/h1-9H,10-13H2,(H,20,22). The smallest absolute Gasteiger partial charge is 0.255 e. The first-order chi connectivity index (χ1) is 10.7. The van der Waals surface area contributed by atoms with Gasteiger partial charge in [-0.1, -0.05) is 18.2 Å². The summed E-state index contributed by atoms with van der Waals surface area (Å²) < 4.78 is 0. The number of rotatable bonds is 7. The van der Waals surface area contributed by atoms with Gasteiger partial charge in [-0.05, 0) is 36.4 Å². The molecule has 0 radical (unpaired) electrons. The fourth-order valence-electron chi connectivity index (χ4n) is 2.12. The number of halogens is 2. The summed E-state index contributed by atoms with van der Waals surface area (Å²) in [4.78, 5) is 14.2. The molecule has 0 aliphatic carbocycles. The third kappa shape index (κ3) is 4.65. The molecule has 1 amide bonds. The highest BCUT2D eigenvalue weighted by Gasteiger charge is 2.07. The minimum Gasteiger partial charge on any atom is -0.369 e. The van der Waals surface area contributed by atoms with Gasteiger partial charge in [0.25, 0.3) is 5.91 Å². The van der Waals surface area contributed by atoms with Crippen molar-refractivity contribution in [2.24, 2.45) is 0 Å². The van der Waals surface area contributed by atoms with Gasteiger partial charge in [-0.25, -0.2) is 0 Å². The van der Waals surface area contributed by atoms with Gasteiger partial charge in [-0.15, -0.1) is 23.2 Å². The van der Waals surface area contributed by atoms with E-state index in [0.29, 0.717) is 17.3 Å². The van der Waals surface area contributed by atoms with Crippen molar-refractivity contribution >= 4 is 40.5 Å². The average molecular weight is 337 g/mol.